The Bertz CT molecular complexity index is 341. The van der Waals surface area contributed by atoms with Gasteiger partial charge in [-0.05, 0) is 47.0 Å². The standard InChI is InChI=1S/C12H17BrN2O/c1-12(2)5-3-10(4-6-12)16-11-14-7-9(13)8-15-11/h7-8,10H,3-6H2,1-2H3. The van der Waals surface area contributed by atoms with Crippen molar-refractivity contribution in [1.82, 2.24) is 9.97 Å². The zero-order valence-electron chi connectivity index (χ0n) is 9.74. The van der Waals surface area contributed by atoms with Crippen molar-refractivity contribution >= 4 is 15.9 Å². The van der Waals surface area contributed by atoms with Crippen LogP contribution in [0, 0.1) is 5.41 Å². The van der Waals surface area contributed by atoms with Gasteiger partial charge in [0.2, 0.25) is 0 Å². The summed E-state index contributed by atoms with van der Waals surface area (Å²) in [6.07, 6.45) is 8.36. The quantitative estimate of drug-likeness (QED) is 0.833. The summed E-state index contributed by atoms with van der Waals surface area (Å²) >= 11 is 3.30. The molecule has 1 aromatic heterocycles. The molecule has 1 fully saturated rings. The Balaban J connectivity index is 1.89. The fraction of sp³-hybridized carbons (Fsp3) is 0.667. The van der Waals surface area contributed by atoms with E-state index in [1.807, 2.05) is 0 Å². The third-order valence-electron chi connectivity index (χ3n) is 3.15. The first-order valence-corrected chi connectivity index (χ1v) is 6.49. The van der Waals surface area contributed by atoms with E-state index in [2.05, 4.69) is 39.7 Å². The van der Waals surface area contributed by atoms with Crippen LogP contribution in [0.3, 0.4) is 0 Å². The van der Waals surface area contributed by atoms with Crippen LogP contribution in [0.4, 0.5) is 0 Å². The molecule has 1 aliphatic rings. The second-order valence-electron chi connectivity index (χ2n) is 5.17. The Hall–Kier alpha value is -0.640. The van der Waals surface area contributed by atoms with E-state index in [0.29, 0.717) is 11.4 Å². The zero-order valence-corrected chi connectivity index (χ0v) is 11.3. The molecular weight excluding hydrogens is 268 g/mol. The molecule has 0 unspecified atom stereocenters. The van der Waals surface area contributed by atoms with Crippen LogP contribution >= 0.6 is 15.9 Å². The molecule has 0 radical (unpaired) electrons. The van der Waals surface area contributed by atoms with Crippen molar-refractivity contribution in [2.75, 3.05) is 0 Å². The highest BCUT2D eigenvalue weighted by molar-refractivity contribution is 9.10. The Morgan fingerprint density at radius 1 is 1.25 bits per heavy atom. The second kappa shape index (κ2) is 4.70. The molecule has 0 amide bonds. The van der Waals surface area contributed by atoms with Crippen molar-refractivity contribution in [3.05, 3.63) is 16.9 Å². The highest BCUT2D eigenvalue weighted by atomic mass is 79.9. The number of ether oxygens (including phenoxy) is 1. The van der Waals surface area contributed by atoms with E-state index in [1.165, 1.54) is 12.8 Å². The van der Waals surface area contributed by atoms with Gasteiger partial charge >= 0.3 is 6.01 Å². The van der Waals surface area contributed by atoms with Gasteiger partial charge in [0, 0.05) is 12.4 Å². The first kappa shape index (κ1) is 11.8. The van der Waals surface area contributed by atoms with Crippen LogP contribution in [-0.2, 0) is 0 Å². The summed E-state index contributed by atoms with van der Waals surface area (Å²) in [5.74, 6) is 0. The Kier molecular flexibility index (Phi) is 3.47. The van der Waals surface area contributed by atoms with Gasteiger partial charge in [-0.25, -0.2) is 9.97 Å². The molecule has 0 saturated heterocycles. The maximum absolute atomic E-state index is 5.76. The molecule has 88 valence electrons. The smallest absolute Gasteiger partial charge is 0.316 e. The molecule has 0 N–H and O–H groups in total. The molecule has 3 nitrogen and oxygen atoms in total. The molecule has 0 atom stereocenters. The van der Waals surface area contributed by atoms with Gasteiger partial charge in [0.05, 0.1) is 4.47 Å². The normalized spacial score (nSPS) is 20.7. The number of hydrogen-bond acceptors (Lipinski definition) is 3. The minimum absolute atomic E-state index is 0.286. The average molecular weight is 285 g/mol. The van der Waals surface area contributed by atoms with Crippen molar-refractivity contribution < 1.29 is 4.74 Å². The van der Waals surface area contributed by atoms with E-state index in [9.17, 15) is 0 Å². The van der Waals surface area contributed by atoms with Gasteiger partial charge in [-0.3, -0.25) is 0 Å². The lowest BCUT2D eigenvalue weighted by Crippen LogP contribution is -2.28. The van der Waals surface area contributed by atoms with E-state index in [-0.39, 0.29) is 6.10 Å². The minimum Gasteiger partial charge on any atom is -0.460 e. The van der Waals surface area contributed by atoms with Gasteiger partial charge in [0.1, 0.15) is 6.10 Å². The summed E-state index contributed by atoms with van der Waals surface area (Å²) in [7, 11) is 0. The first-order chi connectivity index (χ1) is 7.55. The van der Waals surface area contributed by atoms with E-state index in [0.717, 1.165) is 17.3 Å². The Labute approximate surface area is 105 Å². The third kappa shape index (κ3) is 3.17. The summed E-state index contributed by atoms with van der Waals surface area (Å²) in [5, 5.41) is 0. The molecule has 1 aromatic rings. The number of rotatable bonds is 2. The molecule has 4 heteroatoms. The van der Waals surface area contributed by atoms with Crippen molar-refractivity contribution in [1.29, 1.82) is 0 Å². The van der Waals surface area contributed by atoms with Gasteiger partial charge in [-0.2, -0.15) is 0 Å². The molecule has 0 aromatic carbocycles. The fourth-order valence-corrected chi connectivity index (χ4v) is 2.21. The largest absolute Gasteiger partial charge is 0.460 e. The lowest BCUT2D eigenvalue weighted by Gasteiger charge is -2.33. The molecule has 2 rings (SSSR count). The number of nitrogens with zero attached hydrogens (tertiary/aromatic N) is 2. The molecular formula is C12H17BrN2O. The molecule has 0 aliphatic heterocycles. The van der Waals surface area contributed by atoms with Crippen LogP contribution in [0.15, 0.2) is 16.9 Å². The van der Waals surface area contributed by atoms with E-state index < -0.39 is 0 Å². The summed E-state index contributed by atoms with van der Waals surface area (Å²) in [5.41, 5.74) is 0.473. The van der Waals surface area contributed by atoms with Crippen molar-refractivity contribution in [2.24, 2.45) is 5.41 Å². The minimum atomic E-state index is 0.286. The summed E-state index contributed by atoms with van der Waals surface area (Å²) in [4.78, 5) is 8.26. The molecule has 1 aliphatic carbocycles. The lowest BCUT2D eigenvalue weighted by atomic mass is 9.76. The second-order valence-corrected chi connectivity index (χ2v) is 6.08. The molecule has 1 heterocycles. The SMILES string of the molecule is CC1(C)CCC(Oc2ncc(Br)cn2)CC1. The van der Waals surface area contributed by atoms with E-state index >= 15 is 0 Å². The topological polar surface area (TPSA) is 35.0 Å². The summed E-state index contributed by atoms with van der Waals surface area (Å²) in [6, 6.07) is 0.493. The van der Waals surface area contributed by atoms with Crippen LogP contribution in [0.2, 0.25) is 0 Å². The van der Waals surface area contributed by atoms with Gasteiger partial charge in [0.25, 0.3) is 0 Å². The monoisotopic (exact) mass is 284 g/mol. The maximum Gasteiger partial charge on any atom is 0.316 e. The highest BCUT2D eigenvalue weighted by Crippen LogP contribution is 2.36. The van der Waals surface area contributed by atoms with Crippen LogP contribution in [0.5, 0.6) is 6.01 Å². The maximum atomic E-state index is 5.76. The summed E-state index contributed by atoms with van der Waals surface area (Å²) < 4.78 is 6.64. The van der Waals surface area contributed by atoms with Crippen LogP contribution < -0.4 is 4.74 Å². The number of hydrogen-bond donors (Lipinski definition) is 0. The molecule has 16 heavy (non-hydrogen) atoms. The third-order valence-corrected chi connectivity index (χ3v) is 3.56. The molecule has 1 saturated carbocycles. The van der Waals surface area contributed by atoms with Crippen molar-refractivity contribution in [3.8, 4) is 6.01 Å². The van der Waals surface area contributed by atoms with Crippen molar-refractivity contribution in [2.45, 2.75) is 45.6 Å². The Morgan fingerprint density at radius 2 is 1.81 bits per heavy atom. The predicted molar refractivity (Wildman–Crippen MR) is 66.4 cm³/mol. The average Bonchev–Trinajstić information content (AvgIpc) is 2.24. The fourth-order valence-electron chi connectivity index (χ4n) is 2.00. The first-order valence-electron chi connectivity index (χ1n) is 5.69. The Morgan fingerprint density at radius 3 is 2.38 bits per heavy atom. The van der Waals surface area contributed by atoms with E-state index in [1.54, 1.807) is 12.4 Å². The number of halogens is 1. The summed E-state index contributed by atoms with van der Waals surface area (Å²) in [6.45, 7) is 4.64. The number of aromatic nitrogens is 2. The van der Waals surface area contributed by atoms with Crippen molar-refractivity contribution in [3.63, 3.8) is 0 Å². The highest BCUT2D eigenvalue weighted by Gasteiger charge is 2.28. The van der Waals surface area contributed by atoms with Crippen LogP contribution in [-0.4, -0.2) is 16.1 Å². The molecule has 0 bridgehead atoms. The lowest BCUT2D eigenvalue weighted by molar-refractivity contribution is 0.0906. The zero-order chi connectivity index (χ0) is 11.6. The predicted octanol–water partition coefficient (Wildman–Crippen LogP) is 3.59. The van der Waals surface area contributed by atoms with Gasteiger partial charge in [-0.15, -0.1) is 0 Å². The molecule has 0 spiro atoms. The van der Waals surface area contributed by atoms with Crippen LogP contribution in [0.1, 0.15) is 39.5 Å². The van der Waals surface area contributed by atoms with Gasteiger partial charge in [0.15, 0.2) is 0 Å². The van der Waals surface area contributed by atoms with E-state index in [4.69, 9.17) is 4.74 Å². The van der Waals surface area contributed by atoms with Gasteiger partial charge < -0.3 is 4.74 Å². The van der Waals surface area contributed by atoms with Gasteiger partial charge in [-0.1, -0.05) is 13.8 Å². The van der Waals surface area contributed by atoms with Crippen LogP contribution in [0.25, 0.3) is 0 Å².